The molecule has 0 bridgehead atoms. The molecule has 0 fully saturated rings. The highest BCUT2D eigenvalue weighted by Crippen LogP contribution is 2.25. The zero-order chi connectivity index (χ0) is 13.7. The van der Waals surface area contributed by atoms with Crippen LogP contribution in [0.4, 0.5) is 11.5 Å². The van der Waals surface area contributed by atoms with E-state index in [1.807, 2.05) is 50.2 Å². The third-order valence-corrected chi connectivity index (χ3v) is 3.04. The predicted molar refractivity (Wildman–Crippen MR) is 81.4 cm³/mol. The third-order valence-electron chi connectivity index (χ3n) is 2.72. The SMILES string of the molecule is CCC(=Nc1ccccn1)Nc1c(C)cccc1Cl. The Morgan fingerprint density at radius 2 is 2.11 bits per heavy atom. The molecule has 1 heterocycles. The molecule has 2 rings (SSSR count). The molecule has 0 radical (unpaired) electrons. The van der Waals surface area contributed by atoms with Crippen LogP contribution in [0.1, 0.15) is 18.9 Å². The standard InChI is InChI=1S/C15H16ClN3/c1-3-13(18-14-9-4-5-10-17-14)19-15-11(2)7-6-8-12(15)16/h4-10H,3H2,1-2H3,(H,17,18,19). The number of aromatic nitrogens is 1. The van der Waals surface area contributed by atoms with Gasteiger partial charge in [-0.15, -0.1) is 0 Å². The van der Waals surface area contributed by atoms with Crippen LogP contribution in [0.2, 0.25) is 5.02 Å². The van der Waals surface area contributed by atoms with Gasteiger partial charge in [-0.3, -0.25) is 0 Å². The van der Waals surface area contributed by atoms with Crippen LogP contribution in [0.25, 0.3) is 0 Å². The molecule has 98 valence electrons. The van der Waals surface area contributed by atoms with E-state index in [0.29, 0.717) is 10.8 Å². The van der Waals surface area contributed by atoms with Gasteiger partial charge in [-0.1, -0.05) is 36.7 Å². The smallest absolute Gasteiger partial charge is 0.153 e. The van der Waals surface area contributed by atoms with E-state index < -0.39 is 0 Å². The Kier molecular flexibility index (Phi) is 4.53. The lowest BCUT2D eigenvalue weighted by Gasteiger charge is -2.12. The molecule has 0 amide bonds. The average Bonchev–Trinajstić information content (AvgIpc) is 2.43. The molecule has 0 spiro atoms. The Morgan fingerprint density at radius 1 is 1.26 bits per heavy atom. The van der Waals surface area contributed by atoms with Crippen molar-refractivity contribution >= 4 is 28.9 Å². The number of halogens is 1. The lowest BCUT2D eigenvalue weighted by molar-refractivity contribution is 1.21. The first-order valence-electron chi connectivity index (χ1n) is 6.21. The van der Waals surface area contributed by atoms with Crippen LogP contribution < -0.4 is 5.32 Å². The fourth-order valence-corrected chi connectivity index (χ4v) is 1.96. The summed E-state index contributed by atoms with van der Waals surface area (Å²) in [6, 6.07) is 11.5. The number of nitrogens with one attached hydrogen (secondary N) is 1. The molecule has 3 nitrogen and oxygen atoms in total. The highest BCUT2D eigenvalue weighted by atomic mass is 35.5. The molecule has 0 aliphatic carbocycles. The first-order chi connectivity index (χ1) is 9.20. The zero-order valence-corrected chi connectivity index (χ0v) is 11.8. The van der Waals surface area contributed by atoms with Crippen molar-refractivity contribution in [1.82, 2.24) is 4.98 Å². The van der Waals surface area contributed by atoms with Gasteiger partial charge in [-0.25, -0.2) is 9.98 Å². The number of rotatable bonds is 3. The number of hydrogen-bond acceptors (Lipinski definition) is 2. The van der Waals surface area contributed by atoms with Gasteiger partial charge in [0, 0.05) is 12.6 Å². The van der Waals surface area contributed by atoms with Crippen LogP contribution in [0.5, 0.6) is 0 Å². The summed E-state index contributed by atoms with van der Waals surface area (Å²) >= 11 is 6.20. The van der Waals surface area contributed by atoms with Crippen molar-refractivity contribution in [2.24, 2.45) is 4.99 Å². The molecule has 0 aliphatic rings. The summed E-state index contributed by atoms with van der Waals surface area (Å²) in [6.07, 6.45) is 2.51. The second kappa shape index (κ2) is 6.34. The van der Waals surface area contributed by atoms with Gasteiger partial charge in [0.15, 0.2) is 5.82 Å². The molecule has 1 aromatic carbocycles. The molecule has 0 aliphatic heterocycles. The van der Waals surface area contributed by atoms with E-state index in [9.17, 15) is 0 Å². The van der Waals surface area contributed by atoms with E-state index in [1.165, 1.54) is 0 Å². The number of benzene rings is 1. The van der Waals surface area contributed by atoms with E-state index >= 15 is 0 Å². The number of aliphatic imine (C=N–C) groups is 1. The molecule has 4 heteroatoms. The highest BCUT2D eigenvalue weighted by molar-refractivity contribution is 6.34. The van der Waals surface area contributed by atoms with Gasteiger partial charge in [-0.05, 0) is 30.7 Å². The topological polar surface area (TPSA) is 37.3 Å². The number of nitrogens with zero attached hydrogens (tertiary/aromatic N) is 2. The maximum absolute atomic E-state index is 6.20. The Balaban J connectivity index is 2.27. The second-order valence-corrected chi connectivity index (χ2v) is 4.56. The molecule has 2 aromatic rings. The fourth-order valence-electron chi connectivity index (χ4n) is 1.69. The van der Waals surface area contributed by atoms with Gasteiger partial charge in [0.2, 0.25) is 0 Å². The minimum absolute atomic E-state index is 0.691. The van der Waals surface area contributed by atoms with Crippen LogP contribution >= 0.6 is 11.6 Å². The van der Waals surface area contributed by atoms with Crippen LogP contribution in [-0.4, -0.2) is 10.8 Å². The zero-order valence-electron chi connectivity index (χ0n) is 11.0. The molecule has 19 heavy (non-hydrogen) atoms. The maximum Gasteiger partial charge on any atom is 0.153 e. The lowest BCUT2D eigenvalue weighted by Crippen LogP contribution is -2.11. The van der Waals surface area contributed by atoms with Gasteiger partial charge >= 0.3 is 0 Å². The minimum atomic E-state index is 0.691. The van der Waals surface area contributed by atoms with Crippen molar-refractivity contribution in [1.29, 1.82) is 0 Å². The summed E-state index contributed by atoms with van der Waals surface area (Å²) in [6.45, 7) is 4.06. The largest absolute Gasteiger partial charge is 0.342 e. The van der Waals surface area contributed by atoms with Crippen molar-refractivity contribution in [3.05, 3.63) is 53.2 Å². The Labute approximate surface area is 118 Å². The highest BCUT2D eigenvalue weighted by Gasteiger charge is 2.06. The molecule has 1 N–H and O–H groups in total. The van der Waals surface area contributed by atoms with Crippen LogP contribution in [0.3, 0.4) is 0 Å². The van der Waals surface area contributed by atoms with E-state index in [-0.39, 0.29) is 0 Å². The van der Waals surface area contributed by atoms with Crippen molar-refractivity contribution in [2.75, 3.05) is 5.32 Å². The Hall–Kier alpha value is -1.87. The first kappa shape index (κ1) is 13.6. The summed E-state index contributed by atoms with van der Waals surface area (Å²) in [5.41, 5.74) is 2.00. The van der Waals surface area contributed by atoms with E-state index in [2.05, 4.69) is 15.3 Å². The number of aryl methyl sites for hydroxylation is 1. The molecule has 0 saturated heterocycles. The third kappa shape index (κ3) is 3.55. The Bertz CT molecular complexity index is 559. The van der Waals surface area contributed by atoms with E-state index in [1.54, 1.807) is 6.20 Å². The second-order valence-electron chi connectivity index (χ2n) is 4.16. The molecule has 0 atom stereocenters. The maximum atomic E-state index is 6.20. The van der Waals surface area contributed by atoms with Crippen molar-refractivity contribution < 1.29 is 0 Å². The summed E-state index contributed by atoms with van der Waals surface area (Å²) in [7, 11) is 0. The van der Waals surface area contributed by atoms with Crippen LogP contribution in [0.15, 0.2) is 47.6 Å². The van der Waals surface area contributed by atoms with E-state index in [4.69, 9.17) is 11.6 Å². The van der Waals surface area contributed by atoms with Crippen molar-refractivity contribution in [3.8, 4) is 0 Å². The fraction of sp³-hybridized carbons (Fsp3) is 0.200. The van der Waals surface area contributed by atoms with Crippen LogP contribution in [-0.2, 0) is 0 Å². The monoisotopic (exact) mass is 273 g/mol. The summed E-state index contributed by atoms with van der Waals surface area (Å²) in [5, 5.41) is 3.99. The lowest BCUT2D eigenvalue weighted by atomic mass is 10.2. The van der Waals surface area contributed by atoms with Crippen molar-refractivity contribution in [2.45, 2.75) is 20.3 Å². The summed E-state index contributed by atoms with van der Waals surface area (Å²) in [4.78, 5) is 8.68. The number of para-hydroxylation sites is 1. The average molecular weight is 274 g/mol. The van der Waals surface area contributed by atoms with Gasteiger partial charge in [0.1, 0.15) is 5.84 Å². The molecular weight excluding hydrogens is 258 g/mol. The van der Waals surface area contributed by atoms with Gasteiger partial charge in [0.05, 0.1) is 10.7 Å². The molecular formula is C15H16ClN3. The predicted octanol–water partition coefficient (Wildman–Crippen LogP) is 4.60. The Morgan fingerprint density at radius 3 is 2.74 bits per heavy atom. The molecule has 1 aromatic heterocycles. The number of hydrogen-bond donors (Lipinski definition) is 1. The number of pyridine rings is 1. The summed E-state index contributed by atoms with van der Waals surface area (Å²) < 4.78 is 0. The van der Waals surface area contributed by atoms with Gasteiger partial charge in [-0.2, -0.15) is 0 Å². The normalized spacial score (nSPS) is 11.4. The molecule has 0 unspecified atom stereocenters. The quantitative estimate of drug-likeness (QED) is 0.656. The van der Waals surface area contributed by atoms with Crippen molar-refractivity contribution in [3.63, 3.8) is 0 Å². The number of anilines is 1. The van der Waals surface area contributed by atoms with Gasteiger partial charge in [0.25, 0.3) is 0 Å². The number of amidine groups is 1. The van der Waals surface area contributed by atoms with Crippen LogP contribution in [0, 0.1) is 6.92 Å². The van der Waals surface area contributed by atoms with Gasteiger partial charge < -0.3 is 5.32 Å². The summed E-state index contributed by atoms with van der Waals surface area (Å²) in [5.74, 6) is 1.53. The minimum Gasteiger partial charge on any atom is -0.342 e. The van der Waals surface area contributed by atoms with E-state index in [0.717, 1.165) is 23.5 Å². The first-order valence-corrected chi connectivity index (χ1v) is 6.59. The molecule has 0 saturated carbocycles.